The van der Waals surface area contributed by atoms with Crippen molar-refractivity contribution in [3.05, 3.63) is 51.1 Å². The van der Waals surface area contributed by atoms with Gasteiger partial charge < -0.3 is 9.72 Å². The third kappa shape index (κ3) is 4.85. The molecule has 8 heteroatoms. The van der Waals surface area contributed by atoms with E-state index in [1.165, 1.54) is 5.56 Å². The van der Waals surface area contributed by atoms with E-state index >= 15 is 0 Å². The lowest BCUT2D eigenvalue weighted by molar-refractivity contribution is 0.0657. The molecular formula is C23H32N6O2. The number of rotatable bonds is 6. The Balaban J connectivity index is 1.65. The molecule has 2 aromatic heterocycles. The van der Waals surface area contributed by atoms with Crippen LogP contribution in [0.3, 0.4) is 0 Å². The van der Waals surface area contributed by atoms with Crippen molar-refractivity contribution in [1.29, 1.82) is 0 Å². The monoisotopic (exact) mass is 424 g/mol. The molecule has 1 aliphatic heterocycles. The fourth-order valence-corrected chi connectivity index (χ4v) is 4.38. The Morgan fingerprint density at radius 1 is 1.23 bits per heavy atom. The SMILES string of the molecule is Cc1cc(C)c2[nH]c(=O)c(CN(Cc3nnnn3C(C)(C)C)C[C@@H]3CCCO3)cc2c1. The standard InChI is InChI=1S/C23H32N6O2/c1-15-9-16(2)21-17(10-15)11-18(22(30)24-21)12-28(13-19-7-6-8-31-19)14-20-25-26-27-29(20)23(3,4)5/h9-11,19H,6-8,12-14H2,1-5H3,(H,24,30)/t19-/m0/s1. The van der Waals surface area contributed by atoms with Gasteiger partial charge >= 0.3 is 0 Å². The second-order valence-corrected chi connectivity index (χ2v) is 9.65. The van der Waals surface area contributed by atoms with Gasteiger partial charge in [-0.25, -0.2) is 4.68 Å². The molecule has 0 unspecified atom stereocenters. The number of nitrogens with zero attached hydrogens (tertiary/aromatic N) is 5. The van der Waals surface area contributed by atoms with E-state index in [0.29, 0.717) is 13.1 Å². The molecule has 1 aromatic carbocycles. The van der Waals surface area contributed by atoms with Crippen LogP contribution in [0.1, 0.15) is 56.1 Å². The summed E-state index contributed by atoms with van der Waals surface area (Å²) in [5.41, 5.74) is 3.64. The number of pyridine rings is 1. The fourth-order valence-electron chi connectivity index (χ4n) is 4.38. The average Bonchev–Trinajstić information content (AvgIpc) is 3.34. The van der Waals surface area contributed by atoms with Crippen LogP contribution in [0.4, 0.5) is 0 Å². The number of tetrazole rings is 1. The third-order valence-corrected chi connectivity index (χ3v) is 5.78. The molecule has 3 heterocycles. The Kier molecular flexibility index (Phi) is 5.94. The number of hydrogen-bond acceptors (Lipinski definition) is 6. The minimum atomic E-state index is -0.218. The number of benzene rings is 1. The van der Waals surface area contributed by atoms with E-state index in [1.807, 2.05) is 17.7 Å². The van der Waals surface area contributed by atoms with Gasteiger partial charge in [-0.2, -0.15) is 0 Å². The molecule has 0 saturated carbocycles. The number of aryl methyl sites for hydroxylation is 2. The van der Waals surface area contributed by atoms with Gasteiger partial charge in [-0.3, -0.25) is 9.69 Å². The summed E-state index contributed by atoms with van der Waals surface area (Å²) in [5.74, 6) is 0.786. The first-order valence-electron chi connectivity index (χ1n) is 11.0. The molecule has 0 amide bonds. The van der Waals surface area contributed by atoms with Gasteiger partial charge in [0, 0.05) is 25.3 Å². The molecule has 1 saturated heterocycles. The Bertz CT molecular complexity index is 1120. The van der Waals surface area contributed by atoms with Crippen LogP contribution in [-0.2, 0) is 23.4 Å². The highest BCUT2D eigenvalue weighted by Gasteiger charge is 2.25. The summed E-state index contributed by atoms with van der Waals surface area (Å²) in [4.78, 5) is 18.2. The zero-order valence-electron chi connectivity index (χ0n) is 19.1. The maximum Gasteiger partial charge on any atom is 0.252 e. The largest absolute Gasteiger partial charge is 0.377 e. The quantitative estimate of drug-likeness (QED) is 0.654. The first-order valence-corrected chi connectivity index (χ1v) is 11.0. The van der Waals surface area contributed by atoms with E-state index in [1.54, 1.807) is 0 Å². The number of nitrogens with one attached hydrogen (secondary N) is 1. The van der Waals surface area contributed by atoms with Gasteiger partial charge in [-0.05, 0) is 81.0 Å². The highest BCUT2D eigenvalue weighted by Crippen LogP contribution is 2.21. The van der Waals surface area contributed by atoms with Crippen molar-refractivity contribution in [2.45, 2.75) is 72.2 Å². The first kappa shape index (κ1) is 21.6. The maximum atomic E-state index is 12.9. The van der Waals surface area contributed by atoms with E-state index < -0.39 is 0 Å². The molecule has 1 N–H and O–H groups in total. The van der Waals surface area contributed by atoms with Crippen LogP contribution < -0.4 is 5.56 Å². The average molecular weight is 425 g/mol. The summed E-state index contributed by atoms with van der Waals surface area (Å²) < 4.78 is 7.74. The van der Waals surface area contributed by atoms with Crippen LogP contribution in [0.25, 0.3) is 10.9 Å². The molecule has 31 heavy (non-hydrogen) atoms. The normalized spacial score (nSPS) is 17.2. The predicted octanol–water partition coefficient (Wildman–Crippen LogP) is 3.07. The molecule has 1 aliphatic rings. The van der Waals surface area contributed by atoms with Crippen molar-refractivity contribution in [1.82, 2.24) is 30.1 Å². The molecule has 166 valence electrons. The van der Waals surface area contributed by atoms with Gasteiger partial charge in [-0.1, -0.05) is 11.6 Å². The number of H-pyrrole nitrogens is 1. The van der Waals surface area contributed by atoms with Crippen molar-refractivity contribution in [2.75, 3.05) is 13.2 Å². The van der Waals surface area contributed by atoms with Crippen molar-refractivity contribution in [3.8, 4) is 0 Å². The van der Waals surface area contributed by atoms with Crippen molar-refractivity contribution in [2.24, 2.45) is 0 Å². The Labute approximate surface area is 182 Å². The second kappa shape index (κ2) is 8.51. The number of aromatic nitrogens is 5. The predicted molar refractivity (Wildman–Crippen MR) is 120 cm³/mol. The minimum Gasteiger partial charge on any atom is -0.377 e. The Morgan fingerprint density at radius 2 is 2.03 bits per heavy atom. The van der Waals surface area contributed by atoms with Gasteiger partial charge in [0.05, 0.1) is 23.7 Å². The van der Waals surface area contributed by atoms with E-state index in [-0.39, 0.29) is 17.2 Å². The van der Waals surface area contributed by atoms with Gasteiger partial charge in [0.15, 0.2) is 5.82 Å². The van der Waals surface area contributed by atoms with Crippen LogP contribution >= 0.6 is 0 Å². The zero-order chi connectivity index (χ0) is 22.2. The molecule has 0 aliphatic carbocycles. The molecule has 4 rings (SSSR count). The molecule has 0 spiro atoms. The first-order chi connectivity index (χ1) is 14.7. The molecule has 1 fully saturated rings. The second-order valence-electron chi connectivity index (χ2n) is 9.65. The van der Waals surface area contributed by atoms with Crippen molar-refractivity contribution < 1.29 is 4.74 Å². The molecule has 1 atom stereocenters. The summed E-state index contributed by atoms with van der Waals surface area (Å²) in [7, 11) is 0. The van der Waals surface area contributed by atoms with Crippen LogP contribution in [-0.4, -0.2) is 49.3 Å². The molecule has 0 radical (unpaired) electrons. The van der Waals surface area contributed by atoms with E-state index in [2.05, 4.69) is 65.2 Å². The lowest BCUT2D eigenvalue weighted by Crippen LogP contribution is -2.35. The molecule has 0 bridgehead atoms. The Morgan fingerprint density at radius 3 is 2.74 bits per heavy atom. The third-order valence-electron chi connectivity index (χ3n) is 5.78. The summed E-state index contributed by atoms with van der Waals surface area (Å²) in [6, 6.07) is 6.23. The van der Waals surface area contributed by atoms with Gasteiger partial charge in [0.25, 0.3) is 5.56 Å². The lowest BCUT2D eigenvalue weighted by atomic mass is 10.0. The van der Waals surface area contributed by atoms with Gasteiger partial charge in [0.1, 0.15) is 0 Å². The highest BCUT2D eigenvalue weighted by molar-refractivity contribution is 5.82. The van der Waals surface area contributed by atoms with Crippen LogP contribution in [0.2, 0.25) is 0 Å². The summed E-state index contributed by atoms with van der Waals surface area (Å²) >= 11 is 0. The van der Waals surface area contributed by atoms with Crippen LogP contribution in [0.5, 0.6) is 0 Å². The number of hydrogen-bond donors (Lipinski definition) is 1. The molecule has 3 aromatic rings. The van der Waals surface area contributed by atoms with Crippen molar-refractivity contribution >= 4 is 10.9 Å². The topological polar surface area (TPSA) is 88.9 Å². The number of aromatic amines is 1. The Hall–Kier alpha value is -2.58. The van der Waals surface area contributed by atoms with E-state index in [0.717, 1.165) is 53.8 Å². The number of ether oxygens (including phenoxy) is 1. The van der Waals surface area contributed by atoms with E-state index in [9.17, 15) is 4.79 Å². The zero-order valence-corrected chi connectivity index (χ0v) is 19.1. The molecular weight excluding hydrogens is 392 g/mol. The van der Waals surface area contributed by atoms with Crippen LogP contribution in [0, 0.1) is 13.8 Å². The van der Waals surface area contributed by atoms with Crippen molar-refractivity contribution in [3.63, 3.8) is 0 Å². The lowest BCUT2D eigenvalue weighted by Gasteiger charge is -2.26. The summed E-state index contributed by atoms with van der Waals surface area (Å²) in [6.45, 7) is 12.9. The van der Waals surface area contributed by atoms with Gasteiger partial charge in [-0.15, -0.1) is 5.10 Å². The van der Waals surface area contributed by atoms with Crippen LogP contribution in [0.15, 0.2) is 23.0 Å². The molecule has 8 nitrogen and oxygen atoms in total. The summed E-state index contributed by atoms with van der Waals surface area (Å²) in [6.07, 6.45) is 2.28. The summed E-state index contributed by atoms with van der Waals surface area (Å²) in [5, 5.41) is 13.4. The smallest absolute Gasteiger partial charge is 0.252 e. The van der Waals surface area contributed by atoms with Gasteiger partial charge in [0.2, 0.25) is 0 Å². The highest BCUT2D eigenvalue weighted by atomic mass is 16.5. The van der Waals surface area contributed by atoms with E-state index in [4.69, 9.17) is 4.74 Å². The maximum absolute atomic E-state index is 12.9. The fraction of sp³-hybridized carbons (Fsp3) is 0.565. The number of fused-ring (bicyclic) bond motifs is 1. The minimum absolute atomic E-state index is 0.0489.